The minimum atomic E-state index is -1.06. The van der Waals surface area contributed by atoms with E-state index in [1.807, 2.05) is 22.6 Å². The lowest BCUT2D eigenvalue weighted by Gasteiger charge is -2.14. The van der Waals surface area contributed by atoms with E-state index in [1.165, 1.54) is 0 Å². The molecule has 18 heavy (non-hydrogen) atoms. The first-order chi connectivity index (χ1) is 8.43. The highest BCUT2D eigenvalue weighted by Gasteiger charge is 2.17. The Morgan fingerprint density at radius 1 is 1.50 bits per heavy atom. The summed E-state index contributed by atoms with van der Waals surface area (Å²) in [6.45, 7) is 1.69. The summed E-state index contributed by atoms with van der Waals surface area (Å²) in [4.78, 5) is 22.4. The number of anilines is 1. The lowest BCUT2D eigenvalue weighted by Crippen LogP contribution is -2.42. The summed E-state index contributed by atoms with van der Waals surface area (Å²) in [6, 6.07) is 3.56. The van der Waals surface area contributed by atoms with Crippen molar-refractivity contribution in [3.8, 4) is 0 Å². The van der Waals surface area contributed by atoms with Crippen LogP contribution in [0.2, 0.25) is 5.02 Å². The van der Waals surface area contributed by atoms with E-state index in [9.17, 15) is 9.59 Å². The van der Waals surface area contributed by atoms with E-state index >= 15 is 0 Å². The van der Waals surface area contributed by atoms with Crippen LogP contribution in [0.15, 0.2) is 18.2 Å². The molecule has 98 valence electrons. The van der Waals surface area contributed by atoms with Gasteiger partial charge in [-0.3, -0.25) is 0 Å². The normalized spacial score (nSPS) is 11.7. The first-order valence-corrected chi connectivity index (χ1v) is 6.65. The van der Waals surface area contributed by atoms with Gasteiger partial charge in [-0.15, -0.1) is 0 Å². The molecule has 1 atom stereocenters. The molecule has 0 radical (unpaired) electrons. The van der Waals surface area contributed by atoms with Crippen LogP contribution in [-0.2, 0) is 4.79 Å². The van der Waals surface area contributed by atoms with Crippen molar-refractivity contribution in [1.29, 1.82) is 0 Å². The van der Waals surface area contributed by atoms with Crippen LogP contribution in [0.3, 0.4) is 0 Å². The van der Waals surface area contributed by atoms with Gasteiger partial charge in [0.15, 0.2) is 0 Å². The summed E-state index contributed by atoms with van der Waals surface area (Å²) in [5.41, 5.74) is 0.581. The molecule has 2 amide bonds. The Morgan fingerprint density at radius 3 is 2.67 bits per heavy atom. The molecule has 7 heteroatoms. The Bertz CT molecular complexity index is 468. The van der Waals surface area contributed by atoms with Crippen LogP contribution in [-0.4, -0.2) is 23.1 Å². The van der Waals surface area contributed by atoms with Crippen molar-refractivity contribution in [3.05, 3.63) is 26.8 Å². The second kappa shape index (κ2) is 6.79. The molecule has 0 aliphatic heterocycles. The zero-order chi connectivity index (χ0) is 13.7. The summed E-state index contributed by atoms with van der Waals surface area (Å²) in [5, 5.41) is 14.3. The number of carbonyl (C=O) groups excluding carboxylic acids is 1. The van der Waals surface area contributed by atoms with Crippen molar-refractivity contribution < 1.29 is 14.7 Å². The number of hydrogen-bond acceptors (Lipinski definition) is 2. The molecule has 5 nitrogen and oxygen atoms in total. The fourth-order valence-corrected chi connectivity index (χ4v) is 2.25. The minimum Gasteiger partial charge on any atom is -0.480 e. The third-order valence-electron chi connectivity index (χ3n) is 2.19. The Balaban J connectivity index is 2.67. The zero-order valence-electron chi connectivity index (χ0n) is 9.54. The van der Waals surface area contributed by atoms with E-state index in [4.69, 9.17) is 16.7 Å². The second-order valence-electron chi connectivity index (χ2n) is 3.52. The lowest BCUT2D eigenvalue weighted by molar-refractivity contribution is -0.139. The number of rotatable bonds is 4. The van der Waals surface area contributed by atoms with Gasteiger partial charge in [-0.05, 0) is 47.2 Å². The van der Waals surface area contributed by atoms with Crippen molar-refractivity contribution in [1.82, 2.24) is 5.32 Å². The van der Waals surface area contributed by atoms with E-state index in [2.05, 4.69) is 10.6 Å². The number of urea groups is 1. The van der Waals surface area contributed by atoms with Gasteiger partial charge < -0.3 is 15.7 Å². The first-order valence-electron chi connectivity index (χ1n) is 5.19. The van der Waals surface area contributed by atoms with Gasteiger partial charge in [-0.1, -0.05) is 18.5 Å². The van der Waals surface area contributed by atoms with Crippen LogP contribution in [0.5, 0.6) is 0 Å². The molecular weight excluding hydrogens is 370 g/mol. The van der Waals surface area contributed by atoms with Crippen LogP contribution in [0.1, 0.15) is 13.3 Å². The molecule has 0 aliphatic rings. The number of nitrogens with one attached hydrogen (secondary N) is 2. The smallest absolute Gasteiger partial charge is 0.326 e. The van der Waals surface area contributed by atoms with Crippen molar-refractivity contribution in [2.75, 3.05) is 5.32 Å². The summed E-state index contributed by atoms with van der Waals surface area (Å²) in [7, 11) is 0. The van der Waals surface area contributed by atoms with Crippen molar-refractivity contribution in [2.24, 2.45) is 0 Å². The molecule has 0 aliphatic carbocycles. The quantitative estimate of drug-likeness (QED) is 0.701. The largest absolute Gasteiger partial charge is 0.480 e. The van der Waals surface area contributed by atoms with Crippen molar-refractivity contribution in [3.63, 3.8) is 0 Å². The van der Waals surface area contributed by atoms with E-state index in [1.54, 1.807) is 25.1 Å². The molecule has 1 rings (SSSR count). The maximum absolute atomic E-state index is 11.6. The molecule has 1 unspecified atom stereocenters. The maximum Gasteiger partial charge on any atom is 0.326 e. The Labute approximate surface area is 123 Å². The fourth-order valence-electron chi connectivity index (χ4n) is 1.25. The third kappa shape index (κ3) is 4.34. The lowest BCUT2D eigenvalue weighted by atomic mass is 10.2. The number of halogens is 2. The number of carboxylic acid groups (broad SMARTS) is 1. The third-order valence-corrected chi connectivity index (χ3v) is 3.32. The van der Waals surface area contributed by atoms with Crippen LogP contribution >= 0.6 is 34.2 Å². The molecule has 0 bridgehead atoms. The fraction of sp³-hybridized carbons (Fsp3) is 0.273. The van der Waals surface area contributed by atoms with Crippen LogP contribution < -0.4 is 10.6 Å². The predicted molar refractivity (Wildman–Crippen MR) is 78.0 cm³/mol. The highest BCUT2D eigenvalue weighted by atomic mass is 127. The standard InChI is InChI=1S/C11H12ClIN2O3/c1-2-8(10(16)17)14-11(18)15-9-4-3-6(12)5-7(9)13/h3-5,8H,2H2,1H3,(H,16,17)(H2,14,15,18). The molecule has 0 saturated carbocycles. The Hall–Kier alpha value is -1.02. The molecule has 1 aromatic carbocycles. The monoisotopic (exact) mass is 382 g/mol. The second-order valence-corrected chi connectivity index (χ2v) is 5.12. The molecule has 0 fully saturated rings. The SMILES string of the molecule is CCC(NC(=O)Nc1ccc(Cl)cc1I)C(=O)O. The number of benzene rings is 1. The van der Waals surface area contributed by atoms with Crippen molar-refractivity contribution >= 4 is 51.9 Å². The molecule has 0 spiro atoms. The number of amides is 2. The number of carboxylic acids is 1. The van der Waals surface area contributed by atoms with E-state index < -0.39 is 18.0 Å². The predicted octanol–water partition coefficient (Wildman–Crippen LogP) is 2.93. The molecule has 3 N–H and O–H groups in total. The Morgan fingerprint density at radius 2 is 2.17 bits per heavy atom. The summed E-state index contributed by atoms with van der Waals surface area (Å²) < 4.78 is 0.777. The van der Waals surface area contributed by atoms with Crippen LogP contribution in [0, 0.1) is 3.57 Å². The average Bonchev–Trinajstić information content (AvgIpc) is 2.29. The van der Waals surface area contributed by atoms with Gasteiger partial charge >= 0.3 is 12.0 Å². The van der Waals surface area contributed by atoms with Gasteiger partial charge in [-0.2, -0.15) is 0 Å². The van der Waals surface area contributed by atoms with Crippen molar-refractivity contribution in [2.45, 2.75) is 19.4 Å². The van der Waals surface area contributed by atoms with Gasteiger partial charge in [0.25, 0.3) is 0 Å². The first kappa shape index (κ1) is 15.0. The van der Waals surface area contributed by atoms with Gasteiger partial charge in [0, 0.05) is 8.59 Å². The van der Waals surface area contributed by atoms with Crippen LogP contribution in [0.25, 0.3) is 0 Å². The number of carbonyl (C=O) groups is 2. The highest BCUT2D eigenvalue weighted by molar-refractivity contribution is 14.1. The maximum atomic E-state index is 11.6. The van der Waals surface area contributed by atoms with Crippen LogP contribution in [0.4, 0.5) is 10.5 Å². The number of hydrogen-bond donors (Lipinski definition) is 3. The molecule has 1 aromatic rings. The molecular formula is C11H12ClIN2O3. The highest BCUT2D eigenvalue weighted by Crippen LogP contribution is 2.22. The summed E-state index contributed by atoms with van der Waals surface area (Å²) in [5.74, 6) is -1.06. The number of aliphatic carboxylic acids is 1. The molecule has 0 heterocycles. The van der Waals surface area contributed by atoms with Gasteiger partial charge in [0.05, 0.1) is 5.69 Å². The van der Waals surface area contributed by atoms with E-state index in [0.717, 1.165) is 3.57 Å². The van der Waals surface area contributed by atoms with E-state index in [-0.39, 0.29) is 0 Å². The van der Waals surface area contributed by atoms with Gasteiger partial charge in [0.2, 0.25) is 0 Å². The Kier molecular flexibility index (Phi) is 5.67. The summed E-state index contributed by atoms with van der Waals surface area (Å²) in [6.07, 6.45) is 0.320. The van der Waals surface area contributed by atoms with E-state index in [0.29, 0.717) is 17.1 Å². The zero-order valence-corrected chi connectivity index (χ0v) is 12.4. The molecule has 0 saturated heterocycles. The topological polar surface area (TPSA) is 78.4 Å². The average molecular weight is 383 g/mol. The summed E-state index contributed by atoms with van der Waals surface area (Å²) >= 11 is 7.82. The van der Waals surface area contributed by atoms with Gasteiger partial charge in [0.1, 0.15) is 6.04 Å². The molecule has 0 aromatic heterocycles. The minimum absolute atomic E-state index is 0.320. The van der Waals surface area contributed by atoms with Gasteiger partial charge in [-0.25, -0.2) is 9.59 Å².